The van der Waals surface area contributed by atoms with Crippen molar-refractivity contribution >= 4 is 17.3 Å². The third kappa shape index (κ3) is 1.78. The summed E-state index contributed by atoms with van der Waals surface area (Å²) < 4.78 is 0. The van der Waals surface area contributed by atoms with E-state index in [1.807, 2.05) is 6.07 Å². The third-order valence-electron chi connectivity index (χ3n) is 2.57. The highest BCUT2D eigenvalue weighted by Crippen LogP contribution is 2.28. The van der Waals surface area contributed by atoms with E-state index in [4.69, 9.17) is 11.6 Å². The van der Waals surface area contributed by atoms with Gasteiger partial charge in [-0.05, 0) is 37.8 Å². The summed E-state index contributed by atoms with van der Waals surface area (Å²) in [6.45, 7) is 2.05. The number of anilines is 1. The minimum atomic E-state index is 0.590. The van der Waals surface area contributed by atoms with Crippen LogP contribution in [0.5, 0.6) is 0 Å². The minimum absolute atomic E-state index is 0.590. The normalized spacial score (nSPS) is 16.8. The molecule has 0 atom stereocenters. The lowest BCUT2D eigenvalue weighted by Crippen LogP contribution is -2.27. The van der Waals surface area contributed by atoms with Crippen LogP contribution < -0.4 is 5.32 Å². The molecule has 1 saturated carbocycles. The topological polar surface area (TPSA) is 24.9 Å². The summed E-state index contributed by atoms with van der Waals surface area (Å²) in [6.07, 6.45) is 5.58. The van der Waals surface area contributed by atoms with Gasteiger partial charge >= 0.3 is 0 Å². The van der Waals surface area contributed by atoms with Crippen molar-refractivity contribution in [2.45, 2.75) is 32.2 Å². The first-order valence-electron chi connectivity index (χ1n) is 4.65. The van der Waals surface area contributed by atoms with Crippen LogP contribution in [0, 0.1) is 6.92 Å². The Labute approximate surface area is 83.3 Å². The van der Waals surface area contributed by atoms with Crippen LogP contribution in [0.3, 0.4) is 0 Å². The fourth-order valence-corrected chi connectivity index (χ4v) is 1.72. The standard InChI is InChI=1S/C10H13ClN2/c1-7-5-6-12-10(11)9(7)13-8-3-2-4-8/h5-6,8,13H,2-4H2,1H3. The first kappa shape index (κ1) is 8.82. The van der Waals surface area contributed by atoms with Gasteiger partial charge in [-0.25, -0.2) is 4.98 Å². The molecule has 0 aliphatic heterocycles. The lowest BCUT2D eigenvalue weighted by Gasteiger charge is -2.28. The molecule has 1 aliphatic carbocycles. The molecule has 70 valence electrons. The van der Waals surface area contributed by atoms with Crippen molar-refractivity contribution in [3.63, 3.8) is 0 Å². The van der Waals surface area contributed by atoms with Crippen molar-refractivity contribution < 1.29 is 0 Å². The van der Waals surface area contributed by atoms with Gasteiger partial charge in [-0.3, -0.25) is 0 Å². The zero-order valence-corrected chi connectivity index (χ0v) is 8.43. The molecule has 0 spiro atoms. The van der Waals surface area contributed by atoms with Gasteiger partial charge in [0.2, 0.25) is 0 Å². The zero-order chi connectivity index (χ0) is 9.26. The van der Waals surface area contributed by atoms with Crippen LogP contribution in [0.4, 0.5) is 5.69 Å². The predicted molar refractivity (Wildman–Crippen MR) is 55.2 cm³/mol. The van der Waals surface area contributed by atoms with E-state index in [1.54, 1.807) is 6.20 Å². The van der Waals surface area contributed by atoms with Gasteiger partial charge in [-0.2, -0.15) is 0 Å². The predicted octanol–water partition coefficient (Wildman–Crippen LogP) is 3.01. The van der Waals surface area contributed by atoms with Gasteiger partial charge < -0.3 is 5.32 Å². The second-order valence-electron chi connectivity index (χ2n) is 3.57. The van der Waals surface area contributed by atoms with Crippen molar-refractivity contribution in [2.24, 2.45) is 0 Å². The molecule has 0 bridgehead atoms. The van der Waals surface area contributed by atoms with E-state index in [2.05, 4.69) is 17.2 Å². The van der Waals surface area contributed by atoms with E-state index in [9.17, 15) is 0 Å². The lowest BCUT2D eigenvalue weighted by molar-refractivity contribution is 0.445. The molecule has 0 aromatic carbocycles. The first-order chi connectivity index (χ1) is 6.27. The summed E-state index contributed by atoms with van der Waals surface area (Å²) in [5.41, 5.74) is 2.18. The Morgan fingerprint density at radius 1 is 1.54 bits per heavy atom. The molecule has 1 heterocycles. The van der Waals surface area contributed by atoms with Crippen molar-refractivity contribution in [3.05, 3.63) is 23.0 Å². The maximum absolute atomic E-state index is 5.98. The molecule has 0 amide bonds. The smallest absolute Gasteiger partial charge is 0.152 e. The second kappa shape index (κ2) is 3.54. The Morgan fingerprint density at radius 2 is 2.31 bits per heavy atom. The maximum atomic E-state index is 5.98. The molecule has 1 N–H and O–H groups in total. The van der Waals surface area contributed by atoms with Crippen LogP contribution in [0.15, 0.2) is 12.3 Å². The quantitative estimate of drug-likeness (QED) is 0.736. The van der Waals surface area contributed by atoms with Crippen LogP contribution in [0.2, 0.25) is 5.15 Å². The maximum Gasteiger partial charge on any atom is 0.152 e. The first-order valence-corrected chi connectivity index (χ1v) is 5.03. The Kier molecular flexibility index (Phi) is 2.40. The van der Waals surface area contributed by atoms with Gasteiger partial charge in [0.25, 0.3) is 0 Å². The SMILES string of the molecule is Cc1ccnc(Cl)c1NC1CCC1. The minimum Gasteiger partial charge on any atom is -0.380 e. The van der Waals surface area contributed by atoms with Gasteiger partial charge in [0.15, 0.2) is 5.15 Å². The van der Waals surface area contributed by atoms with Crippen LogP contribution >= 0.6 is 11.6 Å². The Balaban J connectivity index is 2.17. The number of hydrogen-bond donors (Lipinski definition) is 1. The van der Waals surface area contributed by atoms with E-state index in [0.29, 0.717) is 11.2 Å². The number of pyridine rings is 1. The highest BCUT2D eigenvalue weighted by molar-refractivity contribution is 6.32. The molecule has 1 aromatic rings. The molecule has 1 fully saturated rings. The van der Waals surface area contributed by atoms with Gasteiger partial charge in [0.1, 0.15) is 0 Å². The lowest BCUT2D eigenvalue weighted by atomic mass is 9.93. The van der Waals surface area contributed by atoms with Crippen LogP contribution in [-0.2, 0) is 0 Å². The summed E-state index contributed by atoms with van der Waals surface area (Å²) in [7, 11) is 0. The number of aryl methyl sites for hydroxylation is 1. The molecule has 0 radical (unpaired) electrons. The Morgan fingerprint density at radius 3 is 2.85 bits per heavy atom. The monoisotopic (exact) mass is 196 g/mol. The molecule has 1 aliphatic rings. The average molecular weight is 197 g/mol. The summed E-state index contributed by atoms with van der Waals surface area (Å²) in [5, 5.41) is 4.01. The third-order valence-corrected chi connectivity index (χ3v) is 2.85. The van der Waals surface area contributed by atoms with E-state index in [0.717, 1.165) is 5.69 Å². The molecule has 2 nitrogen and oxygen atoms in total. The van der Waals surface area contributed by atoms with Crippen LogP contribution in [0.25, 0.3) is 0 Å². The molecule has 2 rings (SSSR count). The number of hydrogen-bond acceptors (Lipinski definition) is 2. The van der Waals surface area contributed by atoms with E-state index >= 15 is 0 Å². The molecular formula is C10H13ClN2. The molecule has 0 unspecified atom stereocenters. The molecule has 3 heteroatoms. The summed E-state index contributed by atoms with van der Waals surface area (Å²) in [5.74, 6) is 0. The summed E-state index contributed by atoms with van der Waals surface area (Å²) in [4.78, 5) is 4.05. The van der Waals surface area contributed by atoms with Crippen molar-refractivity contribution in [1.82, 2.24) is 4.98 Å². The zero-order valence-electron chi connectivity index (χ0n) is 7.68. The Bertz CT molecular complexity index is 288. The van der Waals surface area contributed by atoms with Gasteiger partial charge in [0.05, 0.1) is 5.69 Å². The van der Waals surface area contributed by atoms with E-state index < -0.39 is 0 Å². The summed E-state index contributed by atoms with van der Waals surface area (Å²) >= 11 is 5.98. The summed E-state index contributed by atoms with van der Waals surface area (Å²) in [6, 6.07) is 2.59. The number of nitrogens with one attached hydrogen (secondary N) is 1. The van der Waals surface area contributed by atoms with Gasteiger partial charge in [-0.1, -0.05) is 11.6 Å². The van der Waals surface area contributed by atoms with Crippen molar-refractivity contribution in [3.8, 4) is 0 Å². The highest BCUT2D eigenvalue weighted by atomic mass is 35.5. The fourth-order valence-electron chi connectivity index (χ4n) is 1.46. The Hall–Kier alpha value is -0.760. The molecule has 13 heavy (non-hydrogen) atoms. The molecule has 1 aromatic heterocycles. The number of halogens is 1. The average Bonchev–Trinajstić information content (AvgIpc) is 2.00. The number of nitrogens with zero attached hydrogens (tertiary/aromatic N) is 1. The van der Waals surface area contributed by atoms with Crippen LogP contribution in [0.1, 0.15) is 24.8 Å². The van der Waals surface area contributed by atoms with Gasteiger partial charge in [0, 0.05) is 12.2 Å². The van der Waals surface area contributed by atoms with Crippen molar-refractivity contribution in [1.29, 1.82) is 0 Å². The van der Waals surface area contributed by atoms with Gasteiger partial charge in [-0.15, -0.1) is 0 Å². The van der Waals surface area contributed by atoms with E-state index in [1.165, 1.54) is 24.8 Å². The van der Waals surface area contributed by atoms with E-state index in [-0.39, 0.29) is 0 Å². The van der Waals surface area contributed by atoms with Crippen molar-refractivity contribution in [2.75, 3.05) is 5.32 Å². The molecule has 0 saturated heterocycles. The highest BCUT2D eigenvalue weighted by Gasteiger charge is 2.18. The number of rotatable bonds is 2. The number of aromatic nitrogens is 1. The largest absolute Gasteiger partial charge is 0.380 e. The second-order valence-corrected chi connectivity index (χ2v) is 3.92. The fraction of sp³-hybridized carbons (Fsp3) is 0.500. The molecular weight excluding hydrogens is 184 g/mol. The van der Waals surface area contributed by atoms with Crippen LogP contribution in [-0.4, -0.2) is 11.0 Å².